The number of carboxylic acid groups (broad SMARTS) is 1. The maximum atomic E-state index is 11.1. The Morgan fingerprint density at radius 2 is 1.82 bits per heavy atom. The Morgan fingerprint density at radius 1 is 1.04 bits per heavy atom. The number of carboxylic acids is 1. The second kappa shape index (κ2) is 7.94. The third kappa shape index (κ3) is 4.02. The SMILES string of the molecule is O=C(O)c1cccc(C2N=C(c3ccc(OCc4ccccc4)cc3)ON2)c1. The summed E-state index contributed by atoms with van der Waals surface area (Å²) < 4.78 is 5.78. The van der Waals surface area contributed by atoms with Gasteiger partial charge in [0.25, 0.3) is 0 Å². The van der Waals surface area contributed by atoms with Gasteiger partial charge in [-0.05, 0) is 47.5 Å². The number of rotatable bonds is 6. The highest BCUT2D eigenvalue weighted by atomic mass is 16.7. The van der Waals surface area contributed by atoms with Gasteiger partial charge < -0.3 is 14.7 Å². The Bertz CT molecular complexity index is 1000. The molecule has 0 fully saturated rings. The molecule has 6 heteroatoms. The van der Waals surface area contributed by atoms with Crippen LogP contribution in [0, 0.1) is 0 Å². The zero-order valence-electron chi connectivity index (χ0n) is 14.9. The number of aliphatic imine (C=N–C) groups is 1. The van der Waals surface area contributed by atoms with Crippen LogP contribution in [-0.2, 0) is 11.4 Å². The lowest BCUT2D eigenvalue weighted by atomic mass is 10.1. The first kappa shape index (κ1) is 17.8. The van der Waals surface area contributed by atoms with E-state index in [0.717, 1.165) is 22.4 Å². The van der Waals surface area contributed by atoms with E-state index in [2.05, 4.69) is 10.5 Å². The number of carbonyl (C=O) groups is 1. The minimum absolute atomic E-state index is 0.211. The van der Waals surface area contributed by atoms with Crippen molar-refractivity contribution in [3.05, 3.63) is 101 Å². The highest BCUT2D eigenvalue weighted by Gasteiger charge is 2.22. The Balaban J connectivity index is 1.44. The molecule has 140 valence electrons. The van der Waals surface area contributed by atoms with E-state index in [1.54, 1.807) is 24.3 Å². The fraction of sp³-hybridized carbons (Fsp3) is 0.0909. The van der Waals surface area contributed by atoms with E-state index in [-0.39, 0.29) is 5.56 Å². The average Bonchev–Trinajstić information content (AvgIpc) is 3.24. The van der Waals surface area contributed by atoms with Crippen molar-refractivity contribution in [3.8, 4) is 5.75 Å². The van der Waals surface area contributed by atoms with Gasteiger partial charge in [0.15, 0.2) is 6.17 Å². The van der Waals surface area contributed by atoms with Crippen molar-refractivity contribution in [1.29, 1.82) is 0 Å². The highest BCUT2D eigenvalue weighted by Crippen LogP contribution is 2.23. The van der Waals surface area contributed by atoms with Crippen LogP contribution >= 0.6 is 0 Å². The van der Waals surface area contributed by atoms with E-state index in [4.69, 9.17) is 14.7 Å². The van der Waals surface area contributed by atoms with Crippen LogP contribution in [0.1, 0.15) is 33.2 Å². The fourth-order valence-corrected chi connectivity index (χ4v) is 2.83. The topological polar surface area (TPSA) is 80.2 Å². The van der Waals surface area contributed by atoms with E-state index >= 15 is 0 Å². The number of hydrogen-bond donors (Lipinski definition) is 2. The first-order valence-corrected chi connectivity index (χ1v) is 8.79. The van der Waals surface area contributed by atoms with Gasteiger partial charge >= 0.3 is 5.97 Å². The molecule has 1 aliphatic rings. The summed E-state index contributed by atoms with van der Waals surface area (Å²) in [6, 6.07) is 24.0. The fourth-order valence-electron chi connectivity index (χ4n) is 2.83. The summed E-state index contributed by atoms with van der Waals surface area (Å²) in [6.07, 6.45) is -0.455. The molecule has 0 bridgehead atoms. The molecular weight excluding hydrogens is 356 g/mol. The van der Waals surface area contributed by atoms with Gasteiger partial charge in [-0.3, -0.25) is 0 Å². The monoisotopic (exact) mass is 374 g/mol. The highest BCUT2D eigenvalue weighted by molar-refractivity contribution is 5.95. The molecule has 0 saturated carbocycles. The summed E-state index contributed by atoms with van der Waals surface area (Å²) in [5.74, 6) is 0.223. The zero-order chi connectivity index (χ0) is 19.3. The molecule has 1 heterocycles. The van der Waals surface area contributed by atoms with Crippen molar-refractivity contribution in [1.82, 2.24) is 5.48 Å². The summed E-state index contributed by atoms with van der Waals surface area (Å²) in [5.41, 5.74) is 5.66. The van der Waals surface area contributed by atoms with Gasteiger partial charge in [0.05, 0.1) is 5.56 Å². The van der Waals surface area contributed by atoms with E-state index < -0.39 is 12.1 Å². The van der Waals surface area contributed by atoms with Gasteiger partial charge in [-0.25, -0.2) is 9.79 Å². The molecule has 6 nitrogen and oxygen atoms in total. The number of ether oxygens (including phenoxy) is 1. The summed E-state index contributed by atoms with van der Waals surface area (Å²) in [4.78, 5) is 21.1. The lowest BCUT2D eigenvalue weighted by Crippen LogP contribution is -2.15. The molecule has 0 spiro atoms. The number of hydroxylamine groups is 1. The molecule has 0 amide bonds. The van der Waals surface area contributed by atoms with Crippen LogP contribution in [0.15, 0.2) is 83.9 Å². The van der Waals surface area contributed by atoms with Gasteiger partial charge in [0, 0.05) is 5.56 Å². The molecule has 0 saturated heterocycles. The van der Waals surface area contributed by atoms with Crippen molar-refractivity contribution in [2.45, 2.75) is 12.8 Å². The summed E-state index contributed by atoms with van der Waals surface area (Å²) in [5, 5.41) is 9.13. The number of benzene rings is 3. The van der Waals surface area contributed by atoms with E-state index in [1.165, 1.54) is 0 Å². The first-order chi connectivity index (χ1) is 13.7. The third-order valence-electron chi connectivity index (χ3n) is 4.31. The molecule has 4 rings (SSSR count). The maximum Gasteiger partial charge on any atom is 0.335 e. The van der Waals surface area contributed by atoms with Gasteiger partial charge in [0.2, 0.25) is 5.90 Å². The molecule has 0 aromatic heterocycles. The third-order valence-corrected chi connectivity index (χ3v) is 4.31. The summed E-state index contributed by atoms with van der Waals surface area (Å²) in [6.45, 7) is 0.501. The maximum absolute atomic E-state index is 11.1. The molecule has 1 atom stereocenters. The lowest BCUT2D eigenvalue weighted by Gasteiger charge is -2.07. The molecule has 2 N–H and O–H groups in total. The Labute approximate surface area is 162 Å². The Hall–Kier alpha value is -3.64. The van der Waals surface area contributed by atoms with Crippen molar-refractivity contribution < 1.29 is 19.5 Å². The molecule has 3 aromatic carbocycles. The zero-order valence-corrected chi connectivity index (χ0v) is 14.9. The van der Waals surface area contributed by atoms with Gasteiger partial charge in [-0.1, -0.05) is 42.5 Å². The smallest absolute Gasteiger partial charge is 0.335 e. The van der Waals surface area contributed by atoms with Crippen LogP contribution in [0.4, 0.5) is 0 Å². The number of nitrogens with one attached hydrogen (secondary N) is 1. The van der Waals surface area contributed by atoms with Crippen LogP contribution in [0.25, 0.3) is 0 Å². The Morgan fingerprint density at radius 3 is 2.57 bits per heavy atom. The van der Waals surface area contributed by atoms with Crippen LogP contribution in [0.5, 0.6) is 5.75 Å². The number of aromatic carboxylic acids is 1. The van der Waals surface area contributed by atoms with Crippen LogP contribution in [-0.4, -0.2) is 17.0 Å². The Kier molecular flexibility index (Phi) is 5.03. The van der Waals surface area contributed by atoms with Crippen molar-refractivity contribution in [2.75, 3.05) is 0 Å². The molecule has 28 heavy (non-hydrogen) atoms. The largest absolute Gasteiger partial charge is 0.489 e. The van der Waals surface area contributed by atoms with Gasteiger partial charge in [0.1, 0.15) is 12.4 Å². The molecule has 3 aromatic rings. The molecule has 1 aliphatic heterocycles. The van der Waals surface area contributed by atoms with Crippen molar-refractivity contribution >= 4 is 11.9 Å². The normalized spacial score (nSPS) is 15.6. The standard InChI is InChI=1S/C22H18N2O4/c25-22(26)18-8-4-7-17(13-18)20-23-21(28-24-20)16-9-11-19(12-10-16)27-14-15-5-2-1-3-6-15/h1-13,20,24H,14H2,(H,25,26). The molecule has 1 unspecified atom stereocenters. The second-order valence-electron chi connectivity index (χ2n) is 6.29. The van der Waals surface area contributed by atoms with E-state index in [0.29, 0.717) is 12.5 Å². The van der Waals surface area contributed by atoms with Gasteiger partial charge in [-0.2, -0.15) is 0 Å². The van der Waals surface area contributed by atoms with Crippen LogP contribution in [0.2, 0.25) is 0 Å². The molecule has 0 radical (unpaired) electrons. The molecular formula is C22H18N2O4. The van der Waals surface area contributed by atoms with E-state index in [1.807, 2.05) is 54.6 Å². The van der Waals surface area contributed by atoms with Gasteiger partial charge in [-0.15, -0.1) is 5.48 Å². The minimum Gasteiger partial charge on any atom is -0.489 e. The average molecular weight is 374 g/mol. The first-order valence-electron chi connectivity index (χ1n) is 8.79. The summed E-state index contributed by atoms with van der Waals surface area (Å²) >= 11 is 0. The number of hydrogen-bond acceptors (Lipinski definition) is 5. The predicted molar refractivity (Wildman–Crippen MR) is 104 cm³/mol. The minimum atomic E-state index is -0.976. The van der Waals surface area contributed by atoms with Crippen LogP contribution < -0.4 is 10.2 Å². The predicted octanol–water partition coefficient (Wildman–Crippen LogP) is 3.94. The van der Waals surface area contributed by atoms with E-state index in [9.17, 15) is 4.79 Å². The van der Waals surface area contributed by atoms with Crippen molar-refractivity contribution in [2.24, 2.45) is 4.99 Å². The number of nitrogens with zero attached hydrogens (tertiary/aromatic N) is 1. The lowest BCUT2D eigenvalue weighted by molar-refractivity contribution is 0.0696. The molecule has 0 aliphatic carbocycles. The van der Waals surface area contributed by atoms with Crippen molar-refractivity contribution in [3.63, 3.8) is 0 Å². The second-order valence-corrected chi connectivity index (χ2v) is 6.29. The van der Waals surface area contributed by atoms with Crippen LogP contribution in [0.3, 0.4) is 0 Å². The quantitative estimate of drug-likeness (QED) is 0.683. The summed E-state index contributed by atoms with van der Waals surface area (Å²) in [7, 11) is 0.